The maximum atomic E-state index is 13.1. The highest BCUT2D eigenvalue weighted by atomic mass is 35.5. The number of halogens is 2. The number of rotatable bonds is 3. The first-order valence-electron chi connectivity index (χ1n) is 9.67. The van der Waals surface area contributed by atoms with E-state index in [1.165, 1.54) is 29.1 Å². The number of aromatic nitrogens is 4. The summed E-state index contributed by atoms with van der Waals surface area (Å²) in [5, 5.41) is 12.4. The molecule has 31 heavy (non-hydrogen) atoms. The van der Waals surface area contributed by atoms with Crippen LogP contribution in [0.5, 0.6) is 0 Å². The molecule has 160 valence electrons. The van der Waals surface area contributed by atoms with Crippen LogP contribution in [0.3, 0.4) is 0 Å². The van der Waals surface area contributed by atoms with Gasteiger partial charge in [0.05, 0.1) is 11.2 Å². The van der Waals surface area contributed by atoms with Crippen molar-refractivity contribution in [1.29, 1.82) is 0 Å². The molecular weight excluding hydrogens is 423 g/mol. The summed E-state index contributed by atoms with van der Waals surface area (Å²) >= 11 is 6.01. The molecule has 4 rings (SSSR count). The molecule has 10 heteroatoms. The highest BCUT2D eigenvalue weighted by Gasteiger charge is 2.40. The summed E-state index contributed by atoms with van der Waals surface area (Å²) in [7, 11) is 0. The highest BCUT2D eigenvalue weighted by molar-refractivity contribution is 6.30. The zero-order valence-corrected chi connectivity index (χ0v) is 17.8. The molecule has 3 aromatic rings. The Morgan fingerprint density at radius 3 is 2.48 bits per heavy atom. The van der Waals surface area contributed by atoms with E-state index in [1.54, 1.807) is 34.1 Å². The zero-order valence-electron chi connectivity index (χ0n) is 17.0. The average Bonchev–Trinajstić information content (AvgIpc) is 3.23. The van der Waals surface area contributed by atoms with Crippen LogP contribution in [0, 0.1) is 5.82 Å². The fraction of sp³-hybridized carbons (Fsp3) is 0.286. The van der Waals surface area contributed by atoms with Crippen LogP contribution < -0.4 is 0 Å². The molecule has 0 saturated carbocycles. The van der Waals surface area contributed by atoms with Crippen molar-refractivity contribution in [1.82, 2.24) is 30.0 Å². The molecule has 2 aromatic carbocycles. The van der Waals surface area contributed by atoms with Gasteiger partial charge in [0.2, 0.25) is 0 Å². The number of nitrogens with zero attached hydrogens (tertiary/aromatic N) is 6. The maximum Gasteiger partial charge on any atom is 0.296 e. The van der Waals surface area contributed by atoms with E-state index < -0.39 is 5.54 Å². The quantitative estimate of drug-likeness (QED) is 0.622. The lowest BCUT2D eigenvalue weighted by Gasteiger charge is -2.46. The van der Waals surface area contributed by atoms with Crippen molar-refractivity contribution >= 4 is 23.4 Å². The molecular formula is C21H20ClFN6O2. The maximum absolute atomic E-state index is 13.1. The Morgan fingerprint density at radius 2 is 1.81 bits per heavy atom. The average molecular weight is 443 g/mol. The smallest absolute Gasteiger partial charge is 0.296 e. The molecule has 1 aromatic heterocycles. The zero-order chi connectivity index (χ0) is 22.2. The molecule has 0 aliphatic carbocycles. The van der Waals surface area contributed by atoms with Crippen molar-refractivity contribution in [3.8, 4) is 5.69 Å². The highest BCUT2D eigenvalue weighted by Crippen LogP contribution is 2.24. The van der Waals surface area contributed by atoms with Gasteiger partial charge in [-0.15, -0.1) is 15.0 Å². The number of amides is 2. The number of piperazine rings is 1. The van der Waals surface area contributed by atoms with E-state index in [1.807, 2.05) is 13.8 Å². The Hall–Kier alpha value is -3.33. The lowest BCUT2D eigenvalue weighted by atomic mass is 9.97. The third-order valence-electron chi connectivity index (χ3n) is 5.17. The van der Waals surface area contributed by atoms with Crippen molar-refractivity contribution in [2.45, 2.75) is 19.4 Å². The van der Waals surface area contributed by atoms with Crippen molar-refractivity contribution in [3.63, 3.8) is 0 Å². The minimum Gasteiger partial charge on any atom is -0.335 e. The number of carbonyl (C=O) groups excluding carboxylic acids is 2. The van der Waals surface area contributed by atoms with Gasteiger partial charge in [0.1, 0.15) is 5.82 Å². The lowest BCUT2D eigenvalue weighted by molar-refractivity contribution is 0.0160. The first-order valence-corrected chi connectivity index (χ1v) is 10.1. The number of carbonyl (C=O) groups is 2. The summed E-state index contributed by atoms with van der Waals surface area (Å²) in [5.74, 6) is -0.963. The SMILES string of the molecule is CC1(C)CN(C(=O)c2cccc(Cl)c2)CCN1C(=O)c1nnn(-c2ccc(F)cc2)n1. The van der Waals surface area contributed by atoms with Crippen LogP contribution in [0.4, 0.5) is 4.39 Å². The van der Waals surface area contributed by atoms with Gasteiger partial charge in [-0.1, -0.05) is 17.7 Å². The van der Waals surface area contributed by atoms with Crippen molar-refractivity contribution < 1.29 is 14.0 Å². The Labute approximate surface area is 183 Å². The van der Waals surface area contributed by atoms with E-state index in [9.17, 15) is 14.0 Å². The van der Waals surface area contributed by atoms with Crippen molar-refractivity contribution in [2.24, 2.45) is 0 Å². The van der Waals surface area contributed by atoms with Crippen LogP contribution in [0.1, 0.15) is 34.8 Å². The topological polar surface area (TPSA) is 84.2 Å². The summed E-state index contributed by atoms with van der Waals surface area (Å²) in [6.45, 7) is 4.80. The minimum atomic E-state index is -0.648. The van der Waals surface area contributed by atoms with E-state index in [2.05, 4.69) is 15.4 Å². The molecule has 1 aliphatic rings. The van der Waals surface area contributed by atoms with E-state index in [-0.39, 0.29) is 23.5 Å². The summed E-state index contributed by atoms with van der Waals surface area (Å²) in [6.07, 6.45) is 0. The molecule has 2 heterocycles. The first kappa shape index (κ1) is 20.9. The number of tetrazole rings is 1. The van der Waals surface area contributed by atoms with Gasteiger partial charge in [-0.3, -0.25) is 9.59 Å². The molecule has 0 bridgehead atoms. The lowest BCUT2D eigenvalue weighted by Crippen LogP contribution is -2.62. The van der Waals surface area contributed by atoms with E-state index >= 15 is 0 Å². The van der Waals surface area contributed by atoms with Gasteiger partial charge in [-0.2, -0.15) is 0 Å². The van der Waals surface area contributed by atoms with Gasteiger partial charge in [0, 0.05) is 30.2 Å². The second-order valence-electron chi connectivity index (χ2n) is 7.89. The van der Waals surface area contributed by atoms with E-state index in [0.717, 1.165) is 0 Å². The minimum absolute atomic E-state index is 0.0629. The monoisotopic (exact) mass is 442 g/mol. The predicted octanol–water partition coefficient (Wildman–Crippen LogP) is 2.83. The van der Waals surface area contributed by atoms with Crippen molar-refractivity contribution in [3.05, 3.63) is 70.8 Å². The molecule has 0 unspecified atom stereocenters. The molecule has 2 amide bonds. The van der Waals surface area contributed by atoms with Crippen LogP contribution in [0.25, 0.3) is 5.69 Å². The first-order chi connectivity index (χ1) is 14.7. The number of hydrogen-bond donors (Lipinski definition) is 0. The molecule has 8 nitrogen and oxygen atoms in total. The van der Waals surface area contributed by atoms with Gasteiger partial charge in [-0.25, -0.2) is 4.39 Å². The van der Waals surface area contributed by atoms with Crippen LogP contribution >= 0.6 is 11.6 Å². The van der Waals surface area contributed by atoms with Crippen LogP contribution in [-0.2, 0) is 0 Å². The van der Waals surface area contributed by atoms with Gasteiger partial charge >= 0.3 is 0 Å². The van der Waals surface area contributed by atoms with Crippen LogP contribution in [-0.4, -0.2) is 67.0 Å². The summed E-state index contributed by atoms with van der Waals surface area (Å²) < 4.78 is 13.1. The Kier molecular flexibility index (Phi) is 5.45. The van der Waals surface area contributed by atoms with Gasteiger partial charge in [-0.05, 0) is 61.5 Å². The predicted molar refractivity (Wildman–Crippen MR) is 112 cm³/mol. The van der Waals surface area contributed by atoms with Gasteiger partial charge < -0.3 is 9.80 Å². The summed E-state index contributed by atoms with van der Waals surface area (Å²) in [6, 6.07) is 12.3. The second-order valence-corrected chi connectivity index (χ2v) is 8.32. The number of hydrogen-bond acceptors (Lipinski definition) is 5. The second kappa shape index (κ2) is 8.07. The van der Waals surface area contributed by atoms with Crippen molar-refractivity contribution in [2.75, 3.05) is 19.6 Å². The third kappa shape index (κ3) is 4.27. The molecule has 0 radical (unpaired) electrons. The van der Waals surface area contributed by atoms with Crippen LogP contribution in [0.2, 0.25) is 5.02 Å². The Balaban J connectivity index is 1.49. The van der Waals surface area contributed by atoms with Gasteiger partial charge in [0.25, 0.3) is 17.6 Å². The van der Waals surface area contributed by atoms with Crippen LogP contribution in [0.15, 0.2) is 48.5 Å². The molecule has 0 N–H and O–H groups in total. The molecule has 1 fully saturated rings. The number of benzene rings is 2. The third-order valence-corrected chi connectivity index (χ3v) is 5.40. The fourth-order valence-electron chi connectivity index (χ4n) is 3.61. The van der Waals surface area contributed by atoms with E-state index in [0.29, 0.717) is 35.9 Å². The normalized spacial score (nSPS) is 15.7. The molecule has 1 aliphatic heterocycles. The molecule has 0 atom stereocenters. The summed E-state index contributed by atoms with van der Waals surface area (Å²) in [5.41, 5.74) is 0.349. The standard InChI is InChI=1S/C21H20ClFN6O2/c1-21(2)13-27(19(30)14-4-3-5-15(22)12-14)10-11-28(21)20(31)18-24-26-29(25-18)17-8-6-16(23)7-9-17/h3-9,12H,10-11,13H2,1-2H3. The summed E-state index contributed by atoms with van der Waals surface area (Å²) in [4.78, 5) is 30.5. The van der Waals surface area contributed by atoms with E-state index in [4.69, 9.17) is 11.6 Å². The largest absolute Gasteiger partial charge is 0.335 e. The van der Waals surface area contributed by atoms with Gasteiger partial charge in [0.15, 0.2) is 0 Å². The molecule has 0 spiro atoms. The Bertz CT molecular complexity index is 1130. The Morgan fingerprint density at radius 1 is 1.06 bits per heavy atom. The molecule has 1 saturated heterocycles. The fourth-order valence-corrected chi connectivity index (χ4v) is 3.80.